The number of rotatable bonds is 8. The summed E-state index contributed by atoms with van der Waals surface area (Å²) in [7, 11) is 1.64. The van der Waals surface area contributed by atoms with E-state index in [2.05, 4.69) is 20.6 Å². The first kappa shape index (κ1) is 20.8. The summed E-state index contributed by atoms with van der Waals surface area (Å²) in [5.74, 6) is -0.554. The summed E-state index contributed by atoms with van der Waals surface area (Å²) in [6, 6.07) is 3.47. The third kappa shape index (κ3) is 4.93. The van der Waals surface area contributed by atoms with E-state index in [1.54, 1.807) is 44.6 Å². The summed E-state index contributed by atoms with van der Waals surface area (Å²) in [5, 5.41) is 5.12. The van der Waals surface area contributed by atoms with Gasteiger partial charge in [0, 0.05) is 19.4 Å². The molecule has 1 unspecified atom stereocenters. The van der Waals surface area contributed by atoms with Gasteiger partial charge in [-0.25, -0.2) is 19.6 Å². The Morgan fingerprint density at radius 2 is 2.00 bits per heavy atom. The van der Waals surface area contributed by atoms with Gasteiger partial charge in [0.15, 0.2) is 0 Å². The van der Waals surface area contributed by atoms with Gasteiger partial charge in [-0.15, -0.1) is 0 Å². The van der Waals surface area contributed by atoms with E-state index in [4.69, 9.17) is 13.9 Å². The average Bonchev–Trinajstić information content (AvgIpc) is 3.27. The molecule has 11 heteroatoms. The van der Waals surface area contributed by atoms with Gasteiger partial charge in [0.25, 0.3) is 0 Å². The Morgan fingerprint density at radius 3 is 2.67 bits per heavy atom. The summed E-state index contributed by atoms with van der Waals surface area (Å²) in [6.07, 6.45) is 4.54. The maximum Gasteiger partial charge on any atom is 0.338 e. The van der Waals surface area contributed by atoms with Crippen molar-refractivity contribution in [2.45, 2.75) is 13.0 Å². The zero-order valence-electron chi connectivity index (χ0n) is 16.5. The molecule has 3 heterocycles. The predicted octanol–water partition coefficient (Wildman–Crippen LogP) is 0.920. The molecule has 11 nitrogen and oxygen atoms in total. The molecule has 2 amide bonds. The molecule has 0 aromatic carbocycles. The predicted molar refractivity (Wildman–Crippen MR) is 103 cm³/mol. The molecule has 0 spiro atoms. The standard InChI is InChI=1S/C19H21N5O6/c1-3-28-17(26)15-12(22-19(27)23-16(15)13-6-4-9-29-13)11-30-14(25)10-24(2)18-20-7-5-8-21-18/h4-9,16H,3,10-11H2,1-2H3,(H2,22,23,27). The zero-order chi connectivity index (χ0) is 21.5. The highest BCUT2D eigenvalue weighted by Crippen LogP contribution is 2.28. The van der Waals surface area contributed by atoms with Crippen LogP contribution in [0.25, 0.3) is 0 Å². The minimum absolute atomic E-state index is 0.0962. The number of aromatic nitrogens is 2. The number of carbonyl (C=O) groups excluding carboxylic acids is 3. The second-order valence-electron chi connectivity index (χ2n) is 6.23. The molecule has 3 rings (SSSR count). The van der Waals surface area contributed by atoms with Crippen LogP contribution in [0.4, 0.5) is 10.7 Å². The molecule has 2 aromatic rings. The Bertz CT molecular complexity index is 928. The van der Waals surface area contributed by atoms with Gasteiger partial charge in [-0.3, -0.25) is 4.79 Å². The van der Waals surface area contributed by atoms with Crippen molar-refractivity contribution in [2.75, 3.05) is 31.7 Å². The largest absolute Gasteiger partial charge is 0.467 e. The number of ether oxygens (including phenoxy) is 2. The molecule has 1 aliphatic rings. The Morgan fingerprint density at radius 1 is 1.23 bits per heavy atom. The van der Waals surface area contributed by atoms with Crippen LogP contribution in [0, 0.1) is 0 Å². The lowest BCUT2D eigenvalue weighted by Gasteiger charge is -2.27. The number of furan rings is 1. The van der Waals surface area contributed by atoms with Crippen molar-refractivity contribution in [2.24, 2.45) is 0 Å². The van der Waals surface area contributed by atoms with E-state index >= 15 is 0 Å². The van der Waals surface area contributed by atoms with E-state index in [1.807, 2.05) is 0 Å². The van der Waals surface area contributed by atoms with Crippen LogP contribution < -0.4 is 15.5 Å². The normalized spacial score (nSPS) is 15.8. The monoisotopic (exact) mass is 415 g/mol. The second kappa shape index (κ2) is 9.54. The molecular weight excluding hydrogens is 394 g/mol. The van der Waals surface area contributed by atoms with Crippen LogP contribution in [0.3, 0.4) is 0 Å². The lowest BCUT2D eigenvalue weighted by atomic mass is 10.0. The molecule has 2 aromatic heterocycles. The van der Waals surface area contributed by atoms with E-state index < -0.39 is 24.0 Å². The third-order valence-corrected chi connectivity index (χ3v) is 4.11. The van der Waals surface area contributed by atoms with Crippen molar-refractivity contribution in [1.29, 1.82) is 0 Å². The number of likely N-dealkylation sites (N-methyl/N-ethyl adjacent to an activating group) is 1. The summed E-state index contributed by atoms with van der Waals surface area (Å²) in [5.41, 5.74) is 0.213. The number of anilines is 1. The van der Waals surface area contributed by atoms with Crippen LogP contribution in [0.1, 0.15) is 18.7 Å². The SMILES string of the molecule is CCOC(=O)C1=C(COC(=O)CN(C)c2ncccn2)NC(=O)NC1c1ccco1. The molecule has 2 N–H and O–H groups in total. The molecule has 30 heavy (non-hydrogen) atoms. The van der Waals surface area contributed by atoms with E-state index in [1.165, 1.54) is 11.2 Å². The maximum absolute atomic E-state index is 12.5. The Labute approximate surface area is 172 Å². The topological polar surface area (TPSA) is 136 Å². The number of hydrogen-bond donors (Lipinski definition) is 2. The lowest BCUT2D eigenvalue weighted by Crippen LogP contribution is -2.47. The van der Waals surface area contributed by atoms with Gasteiger partial charge >= 0.3 is 18.0 Å². The fraction of sp³-hybridized carbons (Fsp3) is 0.316. The third-order valence-electron chi connectivity index (χ3n) is 4.11. The van der Waals surface area contributed by atoms with Gasteiger partial charge in [-0.1, -0.05) is 0 Å². The van der Waals surface area contributed by atoms with Gasteiger partial charge in [0.1, 0.15) is 25.0 Å². The molecule has 0 saturated carbocycles. The zero-order valence-corrected chi connectivity index (χ0v) is 16.5. The van der Waals surface area contributed by atoms with Gasteiger partial charge in [-0.2, -0.15) is 0 Å². The van der Waals surface area contributed by atoms with Gasteiger partial charge in [0.2, 0.25) is 5.95 Å². The quantitative estimate of drug-likeness (QED) is 0.603. The van der Waals surface area contributed by atoms with Crippen molar-refractivity contribution in [3.05, 3.63) is 53.9 Å². The van der Waals surface area contributed by atoms with Crippen LogP contribution in [-0.4, -0.2) is 54.7 Å². The van der Waals surface area contributed by atoms with Crippen molar-refractivity contribution >= 4 is 23.9 Å². The number of urea groups is 1. The Kier molecular flexibility index (Phi) is 6.63. The van der Waals surface area contributed by atoms with Gasteiger partial charge in [-0.05, 0) is 25.1 Å². The molecule has 1 aliphatic heterocycles. The minimum atomic E-state index is -0.873. The molecule has 0 aliphatic carbocycles. The summed E-state index contributed by atoms with van der Waals surface area (Å²) in [6.45, 7) is 1.34. The number of carbonyl (C=O) groups is 3. The van der Waals surface area contributed by atoms with Crippen LogP contribution in [0.2, 0.25) is 0 Å². The molecule has 0 fully saturated rings. The summed E-state index contributed by atoms with van der Waals surface area (Å²) < 4.78 is 15.7. The number of esters is 2. The summed E-state index contributed by atoms with van der Waals surface area (Å²) >= 11 is 0. The van der Waals surface area contributed by atoms with E-state index in [0.29, 0.717) is 11.7 Å². The first-order valence-corrected chi connectivity index (χ1v) is 9.14. The van der Waals surface area contributed by atoms with Crippen LogP contribution in [0.15, 0.2) is 52.5 Å². The van der Waals surface area contributed by atoms with Crippen molar-refractivity contribution < 1.29 is 28.3 Å². The number of amides is 2. The maximum atomic E-state index is 12.5. The van der Waals surface area contributed by atoms with Crippen molar-refractivity contribution in [1.82, 2.24) is 20.6 Å². The lowest BCUT2D eigenvalue weighted by molar-refractivity contribution is -0.142. The highest BCUT2D eigenvalue weighted by molar-refractivity contribution is 5.95. The average molecular weight is 415 g/mol. The molecule has 0 bridgehead atoms. The summed E-state index contributed by atoms with van der Waals surface area (Å²) in [4.78, 5) is 46.5. The fourth-order valence-electron chi connectivity index (χ4n) is 2.80. The smallest absolute Gasteiger partial charge is 0.338 e. The molecular formula is C19H21N5O6. The molecule has 0 saturated heterocycles. The first-order chi connectivity index (χ1) is 14.5. The van der Waals surface area contributed by atoms with Crippen molar-refractivity contribution in [3.63, 3.8) is 0 Å². The molecule has 0 radical (unpaired) electrons. The van der Waals surface area contributed by atoms with Crippen molar-refractivity contribution in [3.8, 4) is 0 Å². The van der Waals surface area contributed by atoms with Crippen LogP contribution >= 0.6 is 0 Å². The Hall–Kier alpha value is -3.89. The van der Waals surface area contributed by atoms with E-state index in [9.17, 15) is 14.4 Å². The first-order valence-electron chi connectivity index (χ1n) is 9.14. The number of nitrogens with one attached hydrogen (secondary N) is 2. The molecule has 158 valence electrons. The minimum Gasteiger partial charge on any atom is -0.467 e. The highest BCUT2D eigenvalue weighted by atomic mass is 16.5. The van der Waals surface area contributed by atoms with Crippen LogP contribution in [-0.2, 0) is 19.1 Å². The second-order valence-corrected chi connectivity index (χ2v) is 6.23. The molecule has 1 atom stereocenters. The number of hydrogen-bond acceptors (Lipinski definition) is 9. The van der Waals surface area contributed by atoms with Gasteiger partial charge < -0.3 is 29.4 Å². The Balaban J connectivity index is 1.76. The van der Waals surface area contributed by atoms with E-state index in [-0.39, 0.29) is 31.0 Å². The highest BCUT2D eigenvalue weighted by Gasteiger charge is 2.35. The van der Waals surface area contributed by atoms with Crippen LogP contribution in [0.5, 0.6) is 0 Å². The number of nitrogens with zero attached hydrogens (tertiary/aromatic N) is 3. The fourth-order valence-corrected chi connectivity index (χ4v) is 2.80. The van der Waals surface area contributed by atoms with Gasteiger partial charge in [0.05, 0.1) is 24.1 Å². The van der Waals surface area contributed by atoms with E-state index in [0.717, 1.165) is 0 Å².